The number of rotatable bonds is 33. The summed E-state index contributed by atoms with van der Waals surface area (Å²) in [5.74, 6) is -20.7. The first kappa shape index (κ1) is 113. The summed E-state index contributed by atoms with van der Waals surface area (Å²) in [6, 6.07) is 2.64. The Hall–Kier alpha value is -12.8. The fourth-order valence-corrected chi connectivity index (χ4v) is 19.8. The molecule has 0 radical (unpaired) electrons. The van der Waals surface area contributed by atoms with Crippen molar-refractivity contribution < 1.29 is 106 Å². The van der Waals surface area contributed by atoms with E-state index in [1.54, 1.807) is 105 Å². The number of carboxylic acid groups (broad SMARTS) is 2. The molecule has 1 unspecified atom stereocenters. The molecule has 13 amide bonds. The smallest absolute Gasteiger partial charge is 0.323 e. The van der Waals surface area contributed by atoms with Gasteiger partial charge < -0.3 is 109 Å². The number of primary amides is 1. The summed E-state index contributed by atoms with van der Waals surface area (Å²) in [6.07, 6.45) is 4.23. The molecule has 774 valence electrons. The summed E-state index contributed by atoms with van der Waals surface area (Å²) >= 11 is 0.843. The number of ketones is 3. The number of aliphatic hydroxyl groups is 1. The quantitative estimate of drug-likeness (QED) is 0.0267. The van der Waals surface area contributed by atoms with Gasteiger partial charge in [-0.15, -0.1) is 11.8 Å². The summed E-state index contributed by atoms with van der Waals surface area (Å²) < 4.78 is 6.84. The number of aromatic nitrogens is 2. The first-order valence-corrected chi connectivity index (χ1v) is 50.4. The van der Waals surface area contributed by atoms with E-state index in [4.69, 9.17) is 21.9 Å². The monoisotopic (exact) mass is 1990 g/mol. The fraction of sp³-hybridized carbons (Fsp3) is 0.574. The lowest BCUT2D eigenvalue weighted by Crippen LogP contribution is -2.60. The number of aromatic amines is 1. The van der Waals surface area contributed by atoms with Gasteiger partial charge in [0.15, 0.2) is 17.3 Å². The SMILES string of the molecule is CCCC[C@H]1C(=O)N(C)[C@@H](CCCC)C(=O)N[C@@H](CC(C)C)C(=O)N[C@H](C(=O)CCC(N)=O)CSCC(=O)N[C@@H](Cc2ccc(OC)cc2)C(=O)N(C)[C@@H](C)C(=O)N[C@@H](CC(=O)O)C(=O)N2CCC[C@H]2C(=O)N[C@@H](CC2=CN=CC2)C(=O)N[C@@H](CCCCN)C(=O)C2C[C@H](O)C[C@H]2C(=O)N[C@@H](Cc2c[nH]c3ccccc23)C(=O)C[C@@H](CCCCN)C(=O)N[C@H](Cc2cn(CC(=O)O)c3ccccc23)C(=O)N1C. The third-order valence-electron chi connectivity index (χ3n) is 26.9. The van der Waals surface area contributed by atoms with Gasteiger partial charge in [-0.1, -0.05) is 108 Å². The predicted molar refractivity (Wildman–Crippen MR) is 531 cm³/mol. The number of methoxy groups -OCH3 is 1. The van der Waals surface area contributed by atoms with Crippen LogP contribution in [0, 0.1) is 23.7 Å². The molecule has 142 heavy (non-hydrogen) atoms. The van der Waals surface area contributed by atoms with E-state index in [2.05, 4.69) is 52.5 Å². The van der Waals surface area contributed by atoms with Gasteiger partial charge in [-0.05, 0) is 156 Å². The minimum Gasteiger partial charge on any atom is -0.497 e. The molecule has 16 atom stereocenters. The van der Waals surface area contributed by atoms with Crippen LogP contribution in [0.2, 0.25) is 0 Å². The maximum atomic E-state index is 16.2. The lowest BCUT2D eigenvalue weighted by Gasteiger charge is -2.36. The van der Waals surface area contributed by atoms with Crippen molar-refractivity contribution >= 4 is 146 Å². The second kappa shape index (κ2) is 55.0. The molecule has 1 aliphatic carbocycles. The highest BCUT2D eigenvalue weighted by Crippen LogP contribution is 2.37. The third kappa shape index (κ3) is 31.9. The standard InChI is InChI=1S/C101H142N18O22S/c1-10-12-28-81-96(135)110-74(43-58(3)4)94(133)114-79(84(121)36-37-86(104)123)56-142-57-87(124)107-76(44-60-32-34-66(141-9)35-33-60)98(137)115(6)59(5)91(130)112-78(51-88(125)126)100(139)119-42-22-31-82(119)97(136)111-75(45-61-38-41-105-52-61)95(134)108-72(27-19-21-40-103)90(129)69-49-65(120)50-70(69)93(132)109-73(46-63-53-106-71-26-16-14-24-67(63)71)85(122)48-62(23-18-20-39-102)92(131)113-77(99(138)117(8)83(29-13-11-2)101(140)116(81)7)47-64-54-118(55-89(127)128)80-30-17-15-25-68(64)80/h14-17,24-26,30,32-35,41,52-54,58-59,62,65,69-70,72-79,81-83,106,120H,10-13,18-23,27-29,31,36-40,42-51,55-57,102-103H2,1-9H3,(H2,104,123)(H,107,124)(H,108,134)(H,109,132)(H,110,135)(H,111,136)(H,112,130)(H,113,131)(H,114,133)(H,125,126)(H,127,128)/t59-,62+,65-,69?,70+,72-,73-,74-,75-,76-,77+,78-,79-,81-,82-,83-/m0/s1. The number of Topliss-reactive ketones (excluding diaryl/α,β-unsaturated/α-hetero) is 3. The zero-order chi connectivity index (χ0) is 104. The number of aliphatic hydroxyl groups excluding tert-OH is 1. The van der Waals surface area contributed by atoms with Crippen LogP contribution in [0.1, 0.15) is 199 Å². The highest BCUT2D eigenvalue weighted by atomic mass is 32.2. The molecule has 9 rings (SSSR count). The molecular formula is C101H142N18O22S. The number of unbranched alkanes of at least 4 members (excludes halogenated alkanes) is 4. The van der Waals surface area contributed by atoms with E-state index in [1.807, 2.05) is 13.8 Å². The number of fused-ring (bicyclic) bond motifs is 4. The Labute approximate surface area is 831 Å². The van der Waals surface area contributed by atoms with Crippen molar-refractivity contribution in [1.29, 1.82) is 0 Å². The van der Waals surface area contributed by atoms with E-state index in [-0.39, 0.29) is 134 Å². The van der Waals surface area contributed by atoms with Gasteiger partial charge in [0.2, 0.25) is 76.8 Å². The molecule has 3 fully saturated rings. The van der Waals surface area contributed by atoms with E-state index in [0.29, 0.717) is 88.3 Å². The number of benzene rings is 3. The van der Waals surface area contributed by atoms with E-state index >= 15 is 47.9 Å². The number of para-hydroxylation sites is 2. The fourth-order valence-electron chi connectivity index (χ4n) is 18.9. The number of carboxylic acids is 2. The number of aliphatic imine (C=N–C) groups is 1. The van der Waals surface area contributed by atoms with Crippen LogP contribution < -0.4 is 64.5 Å². The number of hydrogen-bond acceptors (Lipinski definition) is 24. The number of aliphatic carboxylic acids is 2. The molecule has 0 bridgehead atoms. The van der Waals surface area contributed by atoms with Crippen molar-refractivity contribution in [3.8, 4) is 5.75 Å². The molecule has 4 aliphatic rings. The number of nitrogens with zero attached hydrogens (tertiary/aromatic N) is 6. The largest absolute Gasteiger partial charge is 0.497 e. The average molecular weight is 1990 g/mol. The Morgan fingerprint density at radius 1 is 0.577 bits per heavy atom. The number of thioether (sulfide) groups is 1. The molecule has 41 heteroatoms. The molecule has 18 N–H and O–H groups in total. The number of likely N-dealkylation sites (N-methyl/N-ethyl adjacent to an activating group) is 3. The first-order valence-electron chi connectivity index (χ1n) is 49.2. The van der Waals surface area contributed by atoms with Crippen molar-refractivity contribution in [2.75, 3.05) is 59.4 Å². The number of carbonyl (C=O) groups is 18. The van der Waals surface area contributed by atoms with Gasteiger partial charge in [-0.25, -0.2) is 0 Å². The van der Waals surface area contributed by atoms with Crippen LogP contribution in [0.5, 0.6) is 5.75 Å². The van der Waals surface area contributed by atoms with Gasteiger partial charge in [0.05, 0.1) is 49.4 Å². The number of hydrogen-bond donors (Lipinski definition) is 15. The van der Waals surface area contributed by atoms with Crippen LogP contribution in [-0.2, 0) is 112 Å². The maximum absolute atomic E-state index is 16.2. The Balaban J connectivity index is 1.13. The second-order valence-corrected chi connectivity index (χ2v) is 39.0. The van der Waals surface area contributed by atoms with Crippen molar-refractivity contribution in [3.05, 3.63) is 114 Å². The van der Waals surface area contributed by atoms with E-state index in [0.717, 1.165) is 21.6 Å². The summed E-state index contributed by atoms with van der Waals surface area (Å²) in [7, 11) is 5.45. The van der Waals surface area contributed by atoms with Crippen LogP contribution in [0.25, 0.3) is 21.8 Å². The summed E-state index contributed by atoms with van der Waals surface area (Å²) in [6.45, 7) is 8.24. The zero-order valence-electron chi connectivity index (χ0n) is 82.6. The predicted octanol–water partition coefficient (Wildman–Crippen LogP) is 3.63. The third-order valence-corrected chi connectivity index (χ3v) is 28.0. The van der Waals surface area contributed by atoms with E-state index < -0.39 is 240 Å². The molecule has 3 aliphatic heterocycles. The Morgan fingerprint density at radius 2 is 1.18 bits per heavy atom. The van der Waals surface area contributed by atoms with Gasteiger partial charge in [0.25, 0.3) is 0 Å². The molecule has 2 aromatic heterocycles. The molecule has 3 aromatic carbocycles. The van der Waals surface area contributed by atoms with Gasteiger partial charge >= 0.3 is 11.9 Å². The number of H-pyrrole nitrogens is 1. The molecule has 5 aromatic rings. The van der Waals surface area contributed by atoms with Gasteiger partial charge in [0, 0.05) is 137 Å². The van der Waals surface area contributed by atoms with E-state index in [1.165, 1.54) is 55.7 Å². The van der Waals surface area contributed by atoms with Crippen LogP contribution in [-0.4, -0.2) is 295 Å². The Morgan fingerprint density at radius 3 is 1.84 bits per heavy atom. The van der Waals surface area contributed by atoms with Crippen LogP contribution >= 0.6 is 11.8 Å². The lowest BCUT2D eigenvalue weighted by molar-refractivity contribution is -0.149. The van der Waals surface area contributed by atoms with Crippen molar-refractivity contribution in [3.63, 3.8) is 0 Å². The minimum absolute atomic E-state index is 0.00524. The summed E-state index contributed by atoms with van der Waals surface area (Å²) in [4.78, 5) is 278. The van der Waals surface area contributed by atoms with Crippen LogP contribution in [0.15, 0.2) is 102 Å². The normalized spacial score (nSPS) is 25.1. The zero-order valence-corrected chi connectivity index (χ0v) is 83.4. The molecule has 1 saturated carbocycles. The molecule has 2 saturated heterocycles. The van der Waals surface area contributed by atoms with Crippen molar-refractivity contribution in [2.45, 2.75) is 287 Å². The number of nitrogens with one attached hydrogen (secondary N) is 9. The number of nitrogens with two attached hydrogens (primary N) is 3. The topological polar surface area (TPSA) is 598 Å². The molecule has 5 heterocycles. The van der Waals surface area contributed by atoms with Crippen molar-refractivity contribution in [1.82, 2.24) is 71.7 Å². The molecular weight excluding hydrogens is 1850 g/mol. The lowest BCUT2D eigenvalue weighted by atomic mass is 9.85. The number of ether oxygens (including phenoxy) is 1. The second-order valence-electron chi connectivity index (χ2n) is 38.0. The van der Waals surface area contributed by atoms with E-state index in [9.17, 15) is 53.7 Å². The minimum atomic E-state index is -1.88. The summed E-state index contributed by atoms with van der Waals surface area (Å²) in [5.41, 5.74) is 20.8. The average Bonchev–Trinajstić information content (AvgIpc) is 1.61. The number of carbonyl (C=O) groups excluding carboxylic acids is 16. The van der Waals surface area contributed by atoms with Crippen molar-refractivity contribution in [2.24, 2.45) is 45.9 Å². The molecule has 40 nitrogen and oxygen atoms in total. The summed E-state index contributed by atoms with van der Waals surface area (Å²) in [5, 5.41) is 55.8. The Bertz CT molecular complexity index is 5370. The first-order chi connectivity index (χ1) is 67.8. The maximum Gasteiger partial charge on any atom is 0.323 e. The van der Waals surface area contributed by atoms with Gasteiger partial charge in [0.1, 0.15) is 66.7 Å². The van der Waals surface area contributed by atoms with Crippen LogP contribution in [0.4, 0.5) is 0 Å². The van der Waals surface area contributed by atoms with Crippen LogP contribution in [0.3, 0.4) is 0 Å². The highest BCUT2D eigenvalue weighted by Gasteiger charge is 2.48. The number of amides is 13. The highest BCUT2D eigenvalue weighted by molar-refractivity contribution is 8.00. The van der Waals surface area contributed by atoms with Gasteiger partial charge in [-0.2, -0.15) is 0 Å². The molecule has 0 spiro atoms. The Kier molecular flexibility index (Phi) is 43.7. The van der Waals surface area contributed by atoms with Gasteiger partial charge in [-0.3, -0.25) is 91.3 Å².